The first-order valence-electron chi connectivity index (χ1n) is 6.17. The van der Waals surface area contributed by atoms with Gasteiger partial charge in [-0.15, -0.1) is 0 Å². The molecule has 1 heterocycles. The van der Waals surface area contributed by atoms with Crippen molar-refractivity contribution in [1.29, 1.82) is 0 Å². The predicted molar refractivity (Wildman–Crippen MR) is 81.3 cm³/mol. The molecule has 0 aliphatic carbocycles. The Balaban J connectivity index is 2.07. The monoisotopic (exact) mass is 334 g/mol. The van der Waals surface area contributed by atoms with Gasteiger partial charge >= 0.3 is 0 Å². The highest BCUT2D eigenvalue weighted by Crippen LogP contribution is 2.18. The van der Waals surface area contributed by atoms with E-state index in [1.165, 1.54) is 6.92 Å². The van der Waals surface area contributed by atoms with Gasteiger partial charge in [0.25, 0.3) is 5.91 Å². The third-order valence-corrected chi connectivity index (χ3v) is 3.30. The highest BCUT2D eigenvalue weighted by molar-refractivity contribution is 9.10. The summed E-state index contributed by atoms with van der Waals surface area (Å²) in [4.78, 5) is 16.1. The summed E-state index contributed by atoms with van der Waals surface area (Å²) in [5, 5.41) is 13.0. The van der Waals surface area contributed by atoms with Gasteiger partial charge in [-0.3, -0.25) is 4.79 Å². The third-order valence-electron chi connectivity index (χ3n) is 2.86. The van der Waals surface area contributed by atoms with Crippen LogP contribution in [0.1, 0.15) is 12.5 Å². The summed E-state index contributed by atoms with van der Waals surface area (Å²) >= 11 is 3.23. The summed E-state index contributed by atoms with van der Waals surface area (Å²) in [5.74, 6) is -0.445. The first-order chi connectivity index (χ1) is 9.47. The van der Waals surface area contributed by atoms with Crippen LogP contribution in [-0.4, -0.2) is 21.6 Å². The molecule has 0 saturated heterocycles. The van der Waals surface area contributed by atoms with Crippen molar-refractivity contribution in [1.82, 2.24) is 4.98 Å². The summed E-state index contributed by atoms with van der Waals surface area (Å²) in [5.41, 5.74) is 0.0191. The van der Waals surface area contributed by atoms with Crippen molar-refractivity contribution in [2.24, 2.45) is 0 Å². The second kappa shape index (κ2) is 6.15. The van der Waals surface area contributed by atoms with Crippen LogP contribution in [0.4, 0.5) is 5.69 Å². The number of aliphatic hydroxyl groups is 1. The molecule has 4 nitrogen and oxygen atoms in total. The van der Waals surface area contributed by atoms with E-state index in [0.29, 0.717) is 10.3 Å². The maximum atomic E-state index is 12.2. The maximum absolute atomic E-state index is 12.2. The number of halogens is 1. The Morgan fingerprint density at radius 1 is 1.35 bits per heavy atom. The van der Waals surface area contributed by atoms with Crippen molar-refractivity contribution in [3.63, 3.8) is 0 Å². The Hall–Kier alpha value is -1.72. The van der Waals surface area contributed by atoms with Crippen LogP contribution in [0.3, 0.4) is 0 Å². The molecule has 0 fully saturated rings. The van der Waals surface area contributed by atoms with Gasteiger partial charge in [0.15, 0.2) is 0 Å². The largest absolute Gasteiger partial charge is 0.380 e. The van der Waals surface area contributed by atoms with E-state index in [9.17, 15) is 9.90 Å². The Morgan fingerprint density at radius 3 is 2.70 bits per heavy atom. The number of pyridine rings is 1. The van der Waals surface area contributed by atoms with Crippen molar-refractivity contribution in [3.8, 4) is 0 Å². The predicted octanol–water partition coefficient (Wildman–Crippen LogP) is 2.78. The number of hydrogen-bond donors (Lipinski definition) is 2. The zero-order valence-corrected chi connectivity index (χ0v) is 12.6. The minimum atomic E-state index is -1.48. The molecular formula is C15H15BrN2O2. The fourth-order valence-electron chi connectivity index (χ4n) is 1.82. The first kappa shape index (κ1) is 14.7. The molecular weight excluding hydrogens is 320 g/mol. The Bertz CT molecular complexity index is 600. The average molecular weight is 335 g/mol. The van der Waals surface area contributed by atoms with Crippen molar-refractivity contribution in [3.05, 3.63) is 58.8 Å². The lowest BCUT2D eigenvalue weighted by Gasteiger charge is -2.22. The third kappa shape index (κ3) is 3.88. The van der Waals surface area contributed by atoms with Crippen molar-refractivity contribution < 1.29 is 9.90 Å². The van der Waals surface area contributed by atoms with Gasteiger partial charge in [0, 0.05) is 18.3 Å². The number of rotatable bonds is 4. The van der Waals surface area contributed by atoms with Crippen LogP contribution in [0.15, 0.2) is 53.3 Å². The van der Waals surface area contributed by atoms with Gasteiger partial charge in [-0.2, -0.15) is 0 Å². The van der Waals surface area contributed by atoms with E-state index in [1.54, 1.807) is 18.3 Å². The molecule has 1 aromatic heterocycles. The van der Waals surface area contributed by atoms with Gasteiger partial charge < -0.3 is 10.4 Å². The van der Waals surface area contributed by atoms with E-state index < -0.39 is 11.5 Å². The normalized spacial score (nSPS) is 13.6. The molecule has 1 unspecified atom stereocenters. The van der Waals surface area contributed by atoms with E-state index in [-0.39, 0.29) is 6.42 Å². The minimum Gasteiger partial charge on any atom is -0.380 e. The topological polar surface area (TPSA) is 62.2 Å². The minimum absolute atomic E-state index is 0.256. The van der Waals surface area contributed by atoms with Crippen molar-refractivity contribution in [2.75, 3.05) is 5.32 Å². The SMILES string of the molecule is CC(O)(Cc1ccccc1)C(=O)Nc1ccnc(Br)c1. The van der Waals surface area contributed by atoms with Crippen molar-refractivity contribution >= 4 is 27.5 Å². The quantitative estimate of drug-likeness (QED) is 0.845. The number of nitrogens with one attached hydrogen (secondary N) is 1. The van der Waals surface area contributed by atoms with Crippen LogP contribution < -0.4 is 5.32 Å². The number of hydrogen-bond acceptors (Lipinski definition) is 3. The van der Waals surface area contributed by atoms with Crippen LogP contribution in [0.25, 0.3) is 0 Å². The molecule has 0 radical (unpaired) electrons. The molecule has 0 bridgehead atoms. The summed E-state index contributed by atoms with van der Waals surface area (Å²) < 4.78 is 0.623. The number of benzene rings is 1. The lowest BCUT2D eigenvalue weighted by atomic mass is 9.95. The Kier molecular flexibility index (Phi) is 4.52. The molecule has 0 spiro atoms. The highest BCUT2D eigenvalue weighted by Gasteiger charge is 2.30. The number of aromatic nitrogens is 1. The number of nitrogens with zero attached hydrogens (tertiary/aromatic N) is 1. The standard InChI is InChI=1S/C15H15BrN2O2/c1-15(20,10-11-5-3-2-4-6-11)14(19)18-12-7-8-17-13(16)9-12/h2-9,20H,10H2,1H3,(H,17,18,19). The lowest BCUT2D eigenvalue weighted by molar-refractivity contribution is -0.132. The molecule has 0 aliphatic heterocycles. The Morgan fingerprint density at radius 2 is 2.05 bits per heavy atom. The van der Waals surface area contributed by atoms with E-state index in [0.717, 1.165) is 5.56 Å². The smallest absolute Gasteiger partial charge is 0.256 e. The Labute approximate surface area is 126 Å². The molecule has 5 heteroatoms. The fourth-order valence-corrected chi connectivity index (χ4v) is 2.18. The van der Waals surface area contributed by atoms with Crippen LogP contribution in [0, 0.1) is 0 Å². The summed E-state index contributed by atoms with van der Waals surface area (Å²) in [6.07, 6.45) is 1.83. The number of anilines is 1. The molecule has 2 rings (SSSR count). The molecule has 20 heavy (non-hydrogen) atoms. The highest BCUT2D eigenvalue weighted by atomic mass is 79.9. The summed E-state index contributed by atoms with van der Waals surface area (Å²) in [7, 11) is 0. The number of carbonyl (C=O) groups is 1. The summed E-state index contributed by atoms with van der Waals surface area (Å²) in [6, 6.07) is 12.8. The molecule has 2 aromatic rings. The maximum Gasteiger partial charge on any atom is 0.256 e. The fraction of sp³-hybridized carbons (Fsp3) is 0.200. The van der Waals surface area contributed by atoms with E-state index >= 15 is 0 Å². The summed E-state index contributed by atoms with van der Waals surface area (Å²) in [6.45, 7) is 1.51. The van der Waals surface area contributed by atoms with Gasteiger partial charge in [-0.1, -0.05) is 30.3 Å². The molecule has 0 aliphatic rings. The molecule has 0 saturated carbocycles. The zero-order chi connectivity index (χ0) is 14.6. The van der Waals surface area contributed by atoms with Gasteiger partial charge in [-0.05, 0) is 40.5 Å². The average Bonchev–Trinajstić information content (AvgIpc) is 2.39. The van der Waals surface area contributed by atoms with Gasteiger partial charge in [0.2, 0.25) is 0 Å². The molecule has 104 valence electrons. The van der Waals surface area contributed by atoms with Crippen LogP contribution in [-0.2, 0) is 11.2 Å². The zero-order valence-electron chi connectivity index (χ0n) is 11.0. The number of amides is 1. The van der Waals surface area contributed by atoms with E-state index in [1.807, 2.05) is 30.3 Å². The van der Waals surface area contributed by atoms with Crippen LogP contribution >= 0.6 is 15.9 Å². The van der Waals surface area contributed by atoms with Gasteiger partial charge in [-0.25, -0.2) is 4.98 Å². The molecule has 1 atom stereocenters. The van der Waals surface area contributed by atoms with Gasteiger partial charge in [0.05, 0.1) is 0 Å². The van der Waals surface area contributed by atoms with E-state index in [4.69, 9.17) is 0 Å². The van der Waals surface area contributed by atoms with Crippen LogP contribution in [0.2, 0.25) is 0 Å². The van der Waals surface area contributed by atoms with E-state index in [2.05, 4.69) is 26.2 Å². The molecule has 1 amide bonds. The first-order valence-corrected chi connectivity index (χ1v) is 6.96. The van der Waals surface area contributed by atoms with Crippen LogP contribution in [0.5, 0.6) is 0 Å². The lowest BCUT2D eigenvalue weighted by Crippen LogP contribution is -2.42. The molecule has 2 N–H and O–H groups in total. The number of carbonyl (C=O) groups excluding carboxylic acids is 1. The second-order valence-electron chi connectivity index (χ2n) is 4.76. The van der Waals surface area contributed by atoms with Gasteiger partial charge in [0.1, 0.15) is 10.2 Å². The van der Waals surface area contributed by atoms with Crippen molar-refractivity contribution in [2.45, 2.75) is 18.9 Å². The second-order valence-corrected chi connectivity index (χ2v) is 5.57. The molecule has 1 aromatic carbocycles.